The van der Waals surface area contributed by atoms with Crippen LogP contribution in [0.2, 0.25) is 0 Å². The van der Waals surface area contributed by atoms with Crippen LogP contribution in [0.15, 0.2) is 0 Å². The SMILES string of the molecule is CNC(=O)[C@]1(N)CCOC1. The van der Waals surface area contributed by atoms with E-state index >= 15 is 0 Å². The average molecular weight is 144 g/mol. The number of nitrogens with two attached hydrogens (primary N) is 1. The van der Waals surface area contributed by atoms with Crippen molar-refractivity contribution in [2.45, 2.75) is 12.0 Å². The predicted octanol–water partition coefficient (Wildman–Crippen LogP) is -1.15. The molecule has 1 rings (SSSR count). The lowest BCUT2D eigenvalue weighted by molar-refractivity contribution is -0.125. The highest BCUT2D eigenvalue weighted by Crippen LogP contribution is 2.14. The number of amides is 1. The highest BCUT2D eigenvalue weighted by Gasteiger charge is 2.37. The first-order chi connectivity index (χ1) is 4.69. The van der Waals surface area contributed by atoms with Gasteiger partial charge in [0.1, 0.15) is 5.54 Å². The Balaban J connectivity index is 2.58. The van der Waals surface area contributed by atoms with Crippen LogP contribution in [0, 0.1) is 0 Å². The molecule has 0 unspecified atom stereocenters. The summed E-state index contributed by atoms with van der Waals surface area (Å²) in [5, 5.41) is 2.50. The molecule has 0 aromatic rings. The highest BCUT2D eigenvalue weighted by atomic mass is 16.5. The smallest absolute Gasteiger partial charge is 0.242 e. The molecule has 1 atom stereocenters. The van der Waals surface area contributed by atoms with Gasteiger partial charge in [-0.2, -0.15) is 0 Å². The molecule has 1 saturated heterocycles. The van der Waals surface area contributed by atoms with Crippen molar-refractivity contribution in [3.63, 3.8) is 0 Å². The Kier molecular flexibility index (Phi) is 1.92. The largest absolute Gasteiger partial charge is 0.379 e. The molecule has 0 aromatic heterocycles. The van der Waals surface area contributed by atoms with Crippen molar-refractivity contribution in [1.29, 1.82) is 0 Å². The van der Waals surface area contributed by atoms with E-state index in [-0.39, 0.29) is 5.91 Å². The van der Waals surface area contributed by atoms with Crippen molar-refractivity contribution >= 4 is 5.91 Å². The normalized spacial score (nSPS) is 32.2. The van der Waals surface area contributed by atoms with E-state index < -0.39 is 5.54 Å². The van der Waals surface area contributed by atoms with Crippen LogP contribution in [0.4, 0.5) is 0 Å². The van der Waals surface area contributed by atoms with E-state index in [1.54, 1.807) is 7.05 Å². The van der Waals surface area contributed by atoms with E-state index in [1.165, 1.54) is 0 Å². The first kappa shape index (κ1) is 7.50. The fourth-order valence-corrected chi connectivity index (χ4v) is 1.01. The van der Waals surface area contributed by atoms with Crippen molar-refractivity contribution in [3.8, 4) is 0 Å². The monoisotopic (exact) mass is 144 g/mol. The quantitative estimate of drug-likeness (QED) is 0.488. The number of likely N-dealkylation sites (N-methyl/N-ethyl adjacent to an activating group) is 1. The maximum Gasteiger partial charge on any atom is 0.242 e. The molecule has 1 fully saturated rings. The number of nitrogens with one attached hydrogen (secondary N) is 1. The summed E-state index contributed by atoms with van der Waals surface area (Å²) in [5.74, 6) is -0.134. The Bertz CT molecular complexity index is 141. The number of hydrogen-bond acceptors (Lipinski definition) is 3. The molecule has 1 heterocycles. The first-order valence-corrected chi connectivity index (χ1v) is 3.28. The second-order valence-corrected chi connectivity index (χ2v) is 2.54. The summed E-state index contributed by atoms with van der Waals surface area (Å²) in [6.07, 6.45) is 0.618. The average Bonchev–Trinajstić information content (AvgIpc) is 2.36. The van der Waals surface area contributed by atoms with E-state index in [0.29, 0.717) is 19.6 Å². The molecule has 0 bridgehead atoms. The molecule has 0 aliphatic carbocycles. The molecular formula is C6H12N2O2. The van der Waals surface area contributed by atoms with Crippen molar-refractivity contribution < 1.29 is 9.53 Å². The van der Waals surface area contributed by atoms with Crippen molar-refractivity contribution in [2.75, 3.05) is 20.3 Å². The number of rotatable bonds is 1. The molecular weight excluding hydrogens is 132 g/mol. The van der Waals surface area contributed by atoms with E-state index in [0.717, 1.165) is 0 Å². The first-order valence-electron chi connectivity index (χ1n) is 3.28. The molecule has 0 saturated carbocycles. The van der Waals surface area contributed by atoms with Gasteiger partial charge in [0.15, 0.2) is 0 Å². The zero-order valence-corrected chi connectivity index (χ0v) is 6.02. The Morgan fingerprint density at radius 1 is 1.80 bits per heavy atom. The third-order valence-electron chi connectivity index (χ3n) is 1.73. The van der Waals surface area contributed by atoms with Gasteiger partial charge < -0.3 is 15.8 Å². The molecule has 4 heteroatoms. The van der Waals surface area contributed by atoms with Gasteiger partial charge in [0, 0.05) is 13.7 Å². The molecule has 1 amide bonds. The second kappa shape index (κ2) is 2.56. The van der Waals surface area contributed by atoms with Crippen LogP contribution in [-0.2, 0) is 9.53 Å². The Morgan fingerprint density at radius 2 is 2.50 bits per heavy atom. The zero-order valence-electron chi connectivity index (χ0n) is 6.02. The number of ether oxygens (including phenoxy) is 1. The fraction of sp³-hybridized carbons (Fsp3) is 0.833. The van der Waals surface area contributed by atoms with E-state index in [9.17, 15) is 4.79 Å². The van der Waals surface area contributed by atoms with Gasteiger partial charge in [0.25, 0.3) is 0 Å². The van der Waals surface area contributed by atoms with Crippen LogP contribution >= 0.6 is 0 Å². The van der Waals surface area contributed by atoms with E-state index in [1.807, 2.05) is 0 Å². The minimum atomic E-state index is -0.769. The van der Waals surface area contributed by atoms with Gasteiger partial charge in [-0.1, -0.05) is 0 Å². The third kappa shape index (κ3) is 1.12. The topological polar surface area (TPSA) is 64.4 Å². The summed E-state index contributed by atoms with van der Waals surface area (Å²) in [6.45, 7) is 0.927. The zero-order chi connectivity index (χ0) is 7.61. The molecule has 0 spiro atoms. The second-order valence-electron chi connectivity index (χ2n) is 2.54. The van der Waals surface area contributed by atoms with Gasteiger partial charge in [-0.05, 0) is 6.42 Å². The number of hydrogen-bond donors (Lipinski definition) is 2. The van der Waals surface area contributed by atoms with Crippen LogP contribution < -0.4 is 11.1 Å². The van der Waals surface area contributed by atoms with E-state index in [2.05, 4.69) is 5.32 Å². The van der Waals surface area contributed by atoms with Crippen LogP contribution in [0.25, 0.3) is 0 Å². The maximum absolute atomic E-state index is 11.0. The molecule has 3 N–H and O–H groups in total. The Hall–Kier alpha value is -0.610. The van der Waals surface area contributed by atoms with Gasteiger partial charge in [-0.25, -0.2) is 0 Å². The fourth-order valence-electron chi connectivity index (χ4n) is 1.01. The molecule has 58 valence electrons. The van der Waals surface area contributed by atoms with E-state index in [4.69, 9.17) is 10.5 Å². The van der Waals surface area contributed by atoms with Gasteiger partial charge >= 0.3 is 0 Å². The van der Waals surface area contributed by atoms with Crippen molar-refractivity contribution in [3.05, 3.63) is 0 Å². The maximum atomic E-state index is 11.0. The predicted molar refractivity (Wildman–Crippen MR) is 36.4 cm³/mol. The summed E-state index contributed by atoms with van der Waals surface area (Å²) in [7, 11) is 1.58. The molecule has 0 aromatic carbocycles. The summed E-state index contributed by atoms with van der Waals surface area (Å²) in [4.78, 5) is 11.0. The van der Waals surface area contributed by atoms with Crippen LogP contribution in [-0.4, -0.2) is 31.7 Å². The standard InChI is InChI=1S/C6H12N2O2/c1-8-5(9)6(7)2-3-10-4-6/h2-4,7H2,1H3,(H,8,9)/t6-/m0/s1. The highest BCUT2D eigenvalue weighted by molar-refractivity contribution is 5.86. The Morgan fingerprint density at radius 3 is 2.90 bits per heavy atom. The molecule has 1 aliphatic heterocycles. The number of carbonyl (C=O) groups is 1. The van der Waals surface area contributed by atoms with Crippen LogP contribution in [0.1, 0.15) is 6.42 Å². The lowest BCUT2D eigenvalue weighted by Gasteiger charge is -2.18. The summed E-state index contributed by atoms with van der Waals surface area (Å²) in [5.41, 5.74) is 4.91. The Labute approximate surface area is 59.7 Å². The van der Waals surface area contributed by atoms with Gasteiger partial charge in [0.2, 0.25) is 5.91 Å². The van der Waals surface area contributed by atoms with Crippen LogP contribution in [0.5, 0.6) is 0 Å². The molecule has 1 aliphatic rings. The summed E-state index contributed by atoms with van der Waals surface area (Å²) in [6, 6.07) is 0. The van der Waals surface area contributed by atoms with Gasteiger partial charge in [0.05, 0.1) is 6.61 Å². The van der Waals surface area contributed by atoms with Gasteiger partial charge in [-0.15, -0.1) is 0 Å². The minimum absolute atomic E-state index is 0.134. The number of carbonyl (C=O) groups excluding carboxylic acids is 1. The van der Waals surface area contributed by atoms with Crippen LogP contribution in [0.3, 0.4) is 0 Å². The minimum Gasteiger partial charge on any atom is -0.379 e. The third-order valence-corrected chi connectivity index (χ3v) is 1.73. The molecule has 4 nitrogen and oxygen atoms in total. The van der Waals surface area contributed by atoms with Gasteiger partial charge in [-0.3, -0.25) is 4.79 Å². The summed E-state index contributed by atoms with van der Waals surface area (Å²) < 4.78 is 5.00. The summed E-state index contributed by atoms with van der Waals surface area (Å²) >= 11 is 0. The molecule has 0 radical (unpaired) electrons. The lowest BCUT2D eigenvalue weighted by atomic mass is 10.00. The van der Waals surface area contributed by atoms with Crippen molar-refractivity contribution in [1.82, 2.24) is 5.32 Å². The van der Waals surface area contributed by atoms with Crippen molar-refractivity contribution in [2.24, 2.45) is 5.73 Å². The molecule has 10 heavy (non-hydrogen) atoms. The lowest BCUT2D eigenvalue weighted by Crippen LogP contribution is -2.53.